The third kappa shape index (κ3) is 5.11. The third-order valence-corrected chi connectivity index (χ3v) is 4.37. The van der Waals surface area contributed by atoms with Crippen LogP contribution in [0, 0.1) is 0 Å². The van der Waals surface area contributed by atoms with Crippen molar-refractivity contribution in [2.45, 2.75) is 18.2 Å². The first-order valence-electron chi connectivity index (χ1n) is 7.81. The molecule has 0 fully saturated rings. The van der Waals surface area contributed by atoms with Crippen molar-refractivity contribution in [2.24, 2.45) is 10.2 Å². The van der Waals surface area contributed by atoms with Gasteiger partial charge in [-0.2, -0.15) is 13.5 Å². The van der Waals surface area contributed by atoms with Crippen molar-refractivity contribution in [3.05, 3.63) is 42.5 Å². The minimum absolute atomic E-state index is 0.144. The average Bonchev–Trinajstić information content (AvgIpc) is 2.60. The molecule has 0 saturated heterocycles. The van der Waals surface area contributed by atoms with Crippen molar-refractivity contribution >= 4 is 38.8 Å². The number of carbonyl (C=O) groups is 1. The van der Waals surface area contributed by atoms with Gasteiger partial charge >= 0.3 is 0 Å². The molecule has 0 unspecified atom stereocenters. The van der Waals surface area contributed by atoms with E-state index in [0.29, 0.717) is 23.5 Å². The lowest BCUT2D eigenvalue weighted by atomic mass is 10.2. The Balaban J connectivity index is 2.32. The lowest BCUT2D eigenvalue weighted by Gasteiger charge is -2.15. The first kappa shape index (κ1) is 19.5. The molecule has 0 bridgehead atoms. The Bertz CT molecular complexity index is 922. The first-order valence-corrected chi connectivity index (χ1v) is 9.25. The highest BCUT2D eigenvalue weighted by Gasteiger charge is 2.09. The van der Waals surface area contributed by atoms with Gasteiger partial charge in [-0.25, -0.2) is 0 Å². The molecule has 0 atom stereocenters. The van der Waals surface area contributed by atoms with E-state index < -0.39 is 10.1 Å². The van der Waals surface area contributed by atoms with Crippen molar-refractivity contribution in [3.63, 3.8) is 0 Å². The first-order chi connectivity index (χ1) is 12.2. The highest BCUT2D eigenvalue weighted by atomic mass is 32.2. The maximum atomic E-state index is 11.7. The fourth-order valence-corrected chi connectivity index (χ4v) is 2.50. The van der Waals surface area contributed by atoms with Gasteiger partial charge in [-0.1, -0.05) is 6.92 Å². The molecular weight excluding hydrogens is 356 g/mol. The van der Waals surface area contributed by atoms with Gasteiger partial charge in [-0.3, -0.25) is 9.35 Å². The topological polar surface area (TPSA) is 111 Å². The maximum absolute atomic E-state index is 11.7. The number of anilines is 2. The lowest BCUT2D eigenvalue weighted by Crippen LogP contribution is -2.12. The molecule has 8 nitrogen and oxygen atoms in total. The summed E-state index contributed by atoms with van der Waals surface area (Å²) in [5.74, 6) is -0.144. The molecule has 0 aliphatic heterocycles. The van der Waals surface area contributed by atoms with Crippen LogP contribution in [0.25, 0.3) is 0 Å². The van der Waals surface area contributed by atoms with Gasteiger partial charge in [0.1, 0.15) is 5.69 Å². The summed E-state index contributed by atoms with van der Waals surface area (Å²) in [7, 11) is -0.472. The van der Waals surface area contributed by atoms with E-state index in [-0.39, 0.29) is 10.8 Å². The van der Waals surface area contributed by atoms with Gasteiger partial charge in [0.05, 0.1) is 16.3 Å². The van der Waals surface area contributed by atoms with Gasteiger partial charge in [0, 0.05) is 26.2 Å². The van der Waals surface area contributed by atoms with Gasteiger partial charge < -0.3 is 10.2 Å². The summed E-state index contributed by atoms with van der Waals surface area (Å²) in [6.07, 6.45) is 0.333. The maximum Gasteiger partial charge on any atom is 0.294 e. The summed E-state index contributed by atoms with van der Waals surface area (Å²) in [5.41, 5.74) is 2.30. The molecule has 2 aromatic carbocycles. The highest BCUT2D eigenvalue weighted by molar-refractivity contribution is 7.85. The number of hydrogen-bond donors (Lipinski definition) is 2. The van der Waals surface area contributed by atoms with Crippen molar-refractivity contribution < 1.29 is 17.8 Å². The monoisotopic (exact) mass is 376 g/mol. The van der Waals surface area contributed by atoms with Crippen LogP contribution in [0.4, 0.5) is 22.7 Å². The SMILES string of the molecule is CCC(=O)Nc1cc(N(C)C)ccc1/N=N/c1ccc(S(=O)(=O)O)cc1. The second-order valence-corrected chi connectivity index (χ2v) is 7.09. The second-order valence-electron chi connectivity index (χ2n) is 5.67. The zero-order valence-corrected chi connectivity index (χ0v) is 15.5. The third-order valence-electron chi connectivity index (χ3n) is 3.50. The Morgan fingerprint density at radius 2 is 1.77 bits per heavy atom. The molecule has 0 aromatic heterocycles. The van der Waals surface area contributed by atoms with E-state index in [9.17, 15) is 13.2 Å². The fraction of sp³-hybridized carbons (Fsp3) is 0.235. The summed E-state index contributed by atoms with van der Waals surface area (Å²) in [6, 6.07) is 10.7. The highest BCUT2D eigenvalue weighted by Crippen LogP contribution is 2.31. The largest absolute Gasteiger partial charge is 0.378 e. The molecule has 2 N–H and O–H groups in total. The summed E-state index contributed by atoms with van der Waals surface area (Å²) < 4.78 is 31.1. The number of nitrogens with zero attached hydrogens (tertiary/aromatic N) is 3. The average molecular weight is 376 g/mol. The van der Waals surface area contributed by atoms with Gasteiger partial charge in [0.15, 0.2) is 0 Å². The van der Waals surface area contributed by atoms with Crippen molar-refractivity contribution in [2.75, 3.05) is 24.3 Å². The molecule has 2 aromatic rings. The molecule has 0 saturated carbocycles. The fourth-order valence-electron chi connectivity index (χ4n) is 2.02. The van der Waals surface area contributed by atoms with Crippen molar-refractivity contribution in [1.29, 1.82) is 0 Å². The zero-order chi connectivity index (χ0) is 19.3. The molecule has 0 spiro atoms. The van der Waals surface area contributed by atoms with Crippen molar-refractivity contribution in [1.82, 2.24) is 0 Å². The molecule has 26 heavy (non-hydrogen) atoms. The minimum atomic E-state index is -4.25. The van der Waals surface area contributed by atoms with Crippen LogP contribution in [0.1, 0.15) is 13.3 Å². The van der Waals surface area contributed by atoms with E-state index in [1.54, 1.807) is 19.1 Å². The standard InChI is InChI=1S/C17H20N4O4S/c1-4-17(22)18-16-11-13(21(2)3)7-10-15(16)20-19-12-5-8-14(9-6-12)26(23,24)25/h5-11H,4H2,1-3H3,(H,18,22)(H,23,24,25)/b20-19+. The molecule has 0 heterocycles. The smallest absolute Gasteiger partial charge is 0.294 e. The summed E-state index contributed by atoms with van der Waals surface area (Å²) in [5, 5.41) is 11.0. The van der Waals surface area contributed by atoms with Crippen LogP contribution in [0.15, 0.2) is 57.6 Å². The molecule has 0 aliphatic carbocycles. The van der Waals surface area contributed by atoms with E-state index in [1.807, 2.05) is 25.1 Å². The Morgan fingerprint density at radius 1 is 1.12 bits per heavy atom. The predicted octanol–water partition coefficient (Wildman–Crippen LogP) is 3.76. The van der Waals surface area contributed by atoms with Crippen LogP contribution >= 0.6 is 0 Å². The molecule has 0 aliphatic rings. The van der Waals surface area contributed by atoms with Crippen LogP contribution in [-0.4, -0.2) is 33.0 Å². The van der Waals surface area contributed by atoms with Crippen LogP contribution in [0.5, 0.6) is 0 Å². The Kier molecular flexibility index (Phi) is 6.06. The Hall–Kier alpha value is -2.78. The quantitative estimate of drug-likeness (QED) is 0.589. The normalized spacial score (nSPS) is 11.5. The molecule has 0 radical (unpaired) electrons. The van der Waals surface area contributed by atoms with E-state index in [0.717, 1.165) is 5.69 Å². The van der Waals surface area contributed by atoms with E-state index >= 15 is 0 Å². The number of benzene rings is 2. The number of azo groups is 1. The number of rotatable bonds is 6. The Labute approximate surface area is 152 Å². The molecule has 9 heteroatoms. The van der Waals surface area contributed by atoms with Crippen LogP contribution in [0.2, 0.25) is 0 Å². The zero-order valence-electron chi connectivity index (χ0n) is 14.7. The molecule has 1 amide bonds. The predicted molar refractivity (Wildman–Crippen MR) is 100 cm³/mol. The van der Waals surface area contributed by atoms with Gasteiger partial charge in [-0.05, 0) is 42.5 Å². The van der Waals surface area contributed by atoms with Gasteiger partial charge in [0.2, 0.25) is 5.91 Å². The number of carbonyl (C=O) groups excluding carboxylic acids is 1. The molecule has 138 valence electrons. The van der Waals surface area contributed by atoms with Crippen LogP contribution in [-0.2, 0) is 14.9 Å². The minimum Gasteiger partial charge on any atom is -0.378 e. The lowest BCUT2D eigenvalue weighted by molar-refractivity contribution is -0.115. The number of nitrogens with one attached hydrogen (secondary N) is 1. The summed E-state index contributed by atoms with van der Waals surface area (Å²) in [4.78, 5) is 13.4. The summed E-state index contributed by atoms with van der Waals surface area (Å²) in [6.45, 7) is 1.75. The van der Waals surface area contributed by atoms with E-state index in [4.69, 9.17) is 4.55 Å². The second kappa shape index (κ2) is 8.07. The van der Waals surface area contributed by atoms with E-state index in [1.165, 1.54) is 24.3 Å². The van der Waals surface area contributed by atoms with Crippen molar-refractivity contribution in [3.8, 4) is 0 Å². The Morgan fingerprint density at radius 3 is 2.31 bits per heavy atom. The number of hydrogen-bond acceptors (Lipinski definition) is 6. The number of amides is 1. The van der Waals surface area contributed by atoms with Crippen LogP contribution in [0.3, 0.4) is 0 Å². The molecule has 2 rings (SSSR count). The molecular formula is C17H20N4O4S. The van der Waals surface area contributed by atoms with Gasteiger partial charge in [-0.15, -0.1) is 5.11 Å². The van der Waals surface area contributed by atoms with E-state index in [2.05, 4.69) is 15.5 Å². The van der Waals surface area contributed by atoms with Crippen LogP contribution < -0.4 is 10.2 Å². The summed E-state index contributed by atoms with van der Waals surface area (Å²) >= 11 is 0. The van der Waals surface area contributed by atoms with Gasteiger partial charge in [0.25, 0.3) is 10.1 Å².